The number of anilines is 1. The number of pyridine rings is 1. The van der Waals surface area contributed by atoms with E-state index in [-0.39, 0.29) is 6.10 Å². The third-order valence-electron chi connectivity index (χ3n) is 2.64. The molecule has 1 unspecified atom stereocenters. The molecule has 19 heavy (non-hydrogen) atoms. The summed E-state index contributed by atoms with van der Waals surface area (Å²) in [5, 5.41) is 8.89. The Hall–Kier alpha value is -2.06. The molecule has 96 valence electrons. The maximum absolute atomic E-state index is 8.89. The van der Waals surface area contributed by atoms with Crippen LogP contribution in [0.5, 0.6) is 5.75 Å². The summed E-state index contributed by atoms with van der Waals surface area (Å²) in [5.41, 5.74) is 7.28. The molecule has 0 bridgehead atoms. The summed E-state index contributed by atoms with van der Waals surface area (Å²) in [5.74, 6) is 0.857. The van der Waals surface area contributed by atoms with Gasteiger partial charge >= 0.3 is 0 Å². The zero-order valence-corrected chi connectivity index (χ0v) is 11.9. The second-order valence-corrected chi connectivity index (χ2v) is 4.95. The molecule has 0 radical (unpaired) electrons. The van der Waals surface area contributed by atoms with Gasteiger partial charge in [0, 0.05) is 10.7 Å². The number of nitriles is 1. The fourth-order valence-corrected chi connectivity index (χ4v) is 1.96. The number of nitrogen functional groups attached to an aromatic ring is 1. The van der Waals surface area contributed by atoms with Crippen LogP contribution in [0.1, 0.15) is 24.2 Å². The first-order valence-electron chi connectivity index (χ1n) is 5.68. The SMILES string of the molecule is CC(Oc1cc(Br)cnc1N)c1cccc(C#N)c1. The van der Waals surface area contributed by atoms with E-state index in [1.165, 1.54) is 0 Å². The number of nitrogens with zero attached hydrogens (tertiary/aromatic N) is 2. The van der Waals surface area contributed by atoms with Crippen LogP contribution < -0.4 is 10.5 Å². The first-order valence-corrected chi connectivity index (χ1v) is 6.47. The van der Waals surface area contributed by atoms with Gasteiger partial charge in [-0.1, -0.05) is 12.1 Å². The monoisotopic (exact) mass is 317 g/mol. The number of hydrogen-bond donors (Lipinski definition) is 1. The van der Waals surface area contributed by atoms with Gasteiger partial charge in [0.1, 0.15) is 6.10 Å². The molecule has 1 aromatic carbocycles. The van der Waals surface area contributed by atoms with Crippen molar-refractivity contribution >= 4 is 21.7 Å². The molecule has 0 fully saturated rings. The van der Waals surface area contributed by atoms with E-state index in [1.54, 1.807) is 24.4 Å². The standard InChI is InChI=1S/C14H12BrN3O/c1-9(11-4-2-3-10(5-11)7-16)19-13-6-12(15)8-18-14(13)17/h2-6,8-9H,1H3,(H2,17,18). The average molecular weight is 318 g/mol. The normalized spacial score (nSPS) is 11.6. The van der Waals surface area contributed by atoms with Gasteiger partial charge < -0.3 is 10.5 Å². The number of ether oxygens (including phenoxy) is 1. The van der Waals surface area contributed by atoms with Crippen molar-refractivity contribution in [2.75, 3.05) is 5.73 Å². The van der Waals surface area contributed by atoms with E-state index in [1.807, 2.05) is 19.1 Å². The van der Waals surface area contributed by atoms with Crippen LogP contribution in [0.15, 0.2) is 41.0 Å². The Bertz CT molecular complexity index is 637. The fourth-order valence-electron chi connectivity index (χ4n) is 1.65. The highest BCUT2D eigenvalue weighted by atomic mass is 79.9. The Morgan fingerprint density at radius 3 is 2.95 bits per heavy atom. The minimum atomic E-state index is -0.216. The van der Waals surface area contributed by atoms with E-state index in [0.29, 0.717) is 17.1 Å². The van der Waals surface area contributed by atoms with Crippen molar-refractivity contribution in [2.45, 2.75) is 13.0 Å². The number of nitrogens with two attached hydrogens (primary N) is 1. The van der Waals surface area contributed by atoms with Crippen molar-refractivity contribution < 1.29 is 4.74 Å². The van der Waals surface area contributed by atoms with Crippen LogP contribution in [-0.4, -0.2) is 4.98 Å². The lowest BCUT2D eigenvalue weighted by atomic mass is 10.1. The molecular formula is C14H12BrN3O. The summed E-state index contributed by atoms with van der Waals surface area (Å²) >= 11 is 3.32. The van der Waals surface area contributed by atoms with Crippen LogP contribution in [0.3, 0.4) is 0 Å². The minimum Gasteiger partial charge on any atom is -0.482 e. The first kappa shape index (κ1) is 13.4. The summed E-state index contributed by atoms with van der Waals surface area (Å²) in [7, 11) is 0. The van der Waals surface area contributed by atoms with Crippen molar-refractivity contribution in [1.82, 2.24) is 4.98 Å². The lowest BCUT2D eigenvalue weighted by Crippen LogP contribution is -2.06. The molecule has 2 aromatic rings. The smallest absolute Gasteiger partial charge is 0.166 e. The first-order chi connectivity index (χ1) is 9.10. The van der Waals surface area contributed by atoms with Crippen LogP contribution in [0, 0.1) is 11.3 Å². The molecule has 1 aromatic heterocycles. The third kappa shape index (κ3) is 3.24. The van der Waals surface area contributed by atoms with Gasteiger partial charge in [0.25, 0.3) is 0 Å². The van der Waals surface area contributed by atoms with Crippen LogP contribution >= 0.6 is 15.9 Å². The molecular weight excluding hydrogens is 306 g/mol. The molecule has 1 atom stereocenters. The maximum Gasteiger partial charge on any atom is 0.166 e. The van der Waals surface area contributed by atoms with Gasteiger partial charge in [0.05, 0.1) is 11.6 Å². The van der Waals surface area contributed by atoms with Crippen LogP contribution in [0.25, 0.3) is 0 Å². The average Bonchev–Trinajstić information content (AvgIpc) is 2.43. The molecule has 0 aliphatic rings. The number of benzene rings is 1. The van der Waals surface area contributed by atoms with E-state index in [0.717, 1.165) is 10.0 Å². The Labute approximate surface area is 120 Å². The Kier molecular flexibility index (Phi) is 4.03. The summed E-state index contributed by atoms with van der Waals surface area (Å²) in [6, 6.07) is 11.2. The zero-order valence-electron chi connectivity index (χ0n) is 10.3. The Morgan fingerprint density at radius 2 is 2.21 bits per heavy atom. The molecule has 0 aliphatic carbocycles. The summed E-state index contributed by atoms with van der Waals surface area (Å²) < 4.78 is 6.59. The Morgan fingerprint density at radius 1 is 1.42 bits per heavy atom. The van der Waals surface area contributed by atoms with E-state index >= 15 is 0 Å². The fraction of sp³-hybridized carbons (Fsp3) is 0.143. The van der Waals surface area contributed by atoms with E-state index in [2.05, 4.69) is 27.0 Å². The van der Waals surface area contributed by atoms with Crippen LogP contribution in [-0.2, 0) is 0 Å². The zero-order chi connectivity index (χ0) is 13.8. The van der Waals surface area contributed by atoms with E-state index in [4.69, 9.17) is 15.7 Å². The quantitative estimate of drug-likeness (QED) is 0.941. The number of rotatable bonds is 3. The molecule has 0 saturated carbocycles. The maximum atomic E-state index is 8.89. The van der Waals surface area contributed by atoms with Gasteiger partial charge in [0.15, 0.2) is 11.6 Å². The third-order valence-corrected chi connectivity index (χ3v) is 3.07. The van der Waals surface area contributed by atoms with Gasteiger partial charge in [-0.25, -0.2) is 4.98 Å². The molecule has 2 N–H and O–H groups in total. The van der Waals surface area contributed by atoms with Crippen molar-refractivity contribution in [3.05, 3.63) is 52.1 Å². The van der Waals surface area contributed by atoms with E-state index in [9.17, 15) is 0 Å². The second kappa shape index (κ2) is 5.72. The van der Waals surface area contributed by atoms with Crippen molar-refractivity contribution in [2.24, 2.45) is 0 Å². The lowest BCUT2D eigenvalue weighted by molar-refractivity contribution is 0.227. The molecule has 0 saturated heterocycles. The predicted molar refractivity (Wildman–Crippen MR) is 76.5 cm³/mol. The van der Waals surface area contributed by atoms with Gasteiger partial charge in [-0.2, -0.15) is 5.26 Å². The molecule has 2 rings (SSSR count). The van der Waals surface area contributed by atoms with Crippen LogP contribution in [0.4, 0.5) is 5.82 Å². The molecule has 5 heteroatoms. The van der Waals surface area contributed by atoms with Gasteiger partial charge in [-0.3, -0.25) is 0 Å². The number of halogens is 1. The van der Waals surface area contributed by atoms with Crippen molar-refractivity contribution in [3.63, 3.8) is 0 Å². The molecule has 0 aliphatic heterocycles. The van der Waals surface area contributed by atoms with Gasteiger partial charge in [-0.05, 0) is 46.6 Å². The largest absolute Gasteiger partial charge is 0.482 e. The van der Waals surface area contributed by atoms with Gasteiger partial charge in [0.2, 0.25) is 0 Å². The van der Waals surface area contributed by atoms with Crippen molar-refractivity contribution in [1.29, 1.82) is 5.26 Å². The molecule has 0 amide bonds. The Balaban J connectivity index is 2.23. The predicted octanol–water partition coefficient (Wildman–Crippen LogP) is 3.44. The van der Waals surface area contributed by atoms with Crippen molar-refractivity contribution in [3.8, 4) is 11.8 Å². The van der Waals surface area contributed by atoms with E-state index < -0.39 is 0 Å². The molecule has 0 spiro atoms. The minimum absolute atomic E-state index is 0.216. The highest BCUT2D eigenvalue weighted by Gasteiger charge is 2.11. The van der Waals surface area contributed by atoms with Gasteiger partial charge in [-0.15, -0.1) is 0 Å². The summed E-state index contributed by atoms with van der Waals surface area (Å²) in [4.78, 5) is 4.01. The topological polar surface area (TPSA) is 71.9 Å². The van der Waals surface area contributed by atoms with Crippen LogP contribution in [0.2, 0.25) is 0 Å². The summed E-state index contributed by atoms with van der Waals surface area (Å²) in [6.07, 6.45) is 1.40. The highest BCUT2D eigenvalue weighted by molar-refractivity contribution is 9.10. The number of hydrogen-bond acceptors (Lipinski definition) is 4. The lowest BCUT2D eigenvalue weighted by Gasteiger charge is -2.16. The summed E-state index contributed by atoms with van der Waals surface area (Å²) in [6.45, 7) is 1.90. The highest BCUT2D eigenvalue weighted by Crippen LogP contribution is 2.28. The number of aromatic nitrogens is 1. The second-order valence-electron chi connectivity index (χ2n) is 4.03. The molecule has 1 heterocycles. The molecule has 4 nitrogen and oxygen atoms in total.